The number of aromatic nitrogens is 3. The predicted octanol–water partition coefficient (Wildman–Crippen LogP) is 4.92. The molecule has 9 nitrogen and oxygen atoms in total. The fourth-order valence-electron chi connectivity index (χ4n) is 7.88. The highest BCUT2D eigenvalue weighted by Crippen LogP contribution is 2.56. The summed E-state index contributed by atoms with van der Waals surface area (Å²) in [6, 6.07) is 12.0. The maximum Gasteiger partial charge on any atom is 0.255 e. The Morgan fingerprint density at radius 3 is 2.44 bits per heavy atom. The van der Waals surface area contributed by atoms with E-state index in [1.807, 2.05) is 22.8 Å². The van der Waals surface area contributed by atoms with Crippen LogP contribution in [0.25, 0.3) is 11.2 Å². The van der Waals surface area contributed by atoms with E-state index in [4.69, 9.17) is 19.4 Å². The molecule has 2 heterocycles. The standard InChI is InChI=1S/C33H36FN5O4/c1-42-26-8-5-20(11-27(26)43-2)17-39-18-37-30-29(38-28-22-9-21-10-23(28)14-33(41,12-21)13-22)25(16-35-31(30)39)32(40)36-15-19-3-6-24(34)7-4-19/h3-8,11,16,18,21-23,28,41H,9-10,12-15,17H2,1-2H3,(H,35,38)(H,36,40)/t21?,22-,23+,28+,33-. The second kappa shape index (κ2) is 10.8. The zero-order chi connectivity index (χ0) is 29.7. The molecule has 4 aliphatic rings. The summed E-state index contributed by atoms with van der Waals surface area (Å²) in [7, 11) is 3.22. The number of rotatable bonds is 9. The van der Waals surface area contributed by atoms with E-state index in [9.17, 15) is 14.3 Å². The Morgan fingerprint density at radius 2 is 1.74 bits per heavy atom. The third kappa shape index (κ3) is 5.18. The van der Waals surface area contributed by atoms with Gasteiger partial charge in [-0.25, -0.2) is 14.4 Å². The minimum Gasteiger partial charge on any atom is -0.493 e. The molecule has 224 valence electrons. The lowest BCUT2D eigenvalue weighted by Crippen LogP contribution is -2.59. The van der Waals surface area contributed by atoms with Crippen molar-refractivity contribution in [3.8, 4) is 11.5 Å². The Morgan fingerprint density at radius 1 is 1.02 bits per heavy atom. The number of nitrogens with zero attached hydrogens (tertiary/aromatic N) is 3. The highest BCUT2D eigenvalue weighted by molar-refractivity contribution is 6.05. The number of halogens is 1. The van der Waals surface area contributed by atoms with E-state index in [1.54, 1.807) is 38.9 Å². The molecule has 0 radical (unpaired) electrons. The van der Waals surface area contributed by atoms with Crippen LogP contribution in [0.1, 0.15) is 53.6 Å². The molecule has 4 fully saturated rings. The normalized spacial score (nSPS) is 25.6. The van der Waals surface area contributed by atoms with Gasteiger partial charge < -0.3 is 29.8 Å². The minimum atomic E-state index is -0.557. The van der Waals surface area contributed by atoms with Crippen LogP contribution in [0.2, 0.25) is 0 Å². The summed E-state index contributed by atoms with van der Waals surface area (Å²) in [4.78, 5) is 23.1. The van der Waals surface area contributed by atoms with E-state index in [1.165, 1.54) is 12.1 Å². The van der Waals surface area contributed by atoms with Gasteiger partial charge in [-0.05, 0) is 85.3 Å². The average Bonchev–Trinajstić information content (AvgIpc) is 3.40. The molecule has 4 aromatic rings. The van der Waals surface area contributed by atoms with Crippen molar-refractivity contribution in [1.29, 1.82) is 0 Å². The molecular formula is C33H36FN5O4. The first kappa shape index (κ1) is 27.6. The lowest BCUT2D eigenvalue weighted by Gasteiger charge is -2.58. The number of aliphatic hydroxyl groups is 1. The Hall–Kier alpha value is -4.18. The van der Waals surface area contributed by atoms with Crippen LogP contribution in [0.5, 0.6) is 11.5 Å². The summed E-state index contributed by atoms with van der Waals surface area (Å²) in [6.45, 7) is 0.760. The van der Waals surface area contributed by atoms with E-state index in [-0.39, 0.29) is 24.3 Å². The molecule has 8 rings (SSSR count). The SMILES string of the molecule is COc1ccc(Cn2cnc3c(N[C@H]4[C@@H]5CC6C[C@H]4C[C@@](O)(C6)C5)c(C(=O)NCc4ccc(F)cc4)cnc32)cc1OC. The van der Waals surface area contributed by atoms with Crippen molar-refractivity contribution >= 4 is 22.8 Å². The number of hydrogen-bond donors (Lipinski definition) is 3. The molecule has 4 saturated carbocycles. The van der Waals surface area contributed by atoms with Gasteiger partial charge in [-0.2, -0.15) is 0 Å². The fraction of sp³-hybridized carbons (Fsp3) is 0.424. The number of ether oxygens (including phenoxy) is 2. The number of carbonyl (C=O) groups is 1. The van der Waals surface area contributed by atoms with E-state index >= 15 is 0 Å². The van der Waals surface area contributed by atoms with Crippen molar-refractivity contribution < 1.29 is 23.8 Å². The van der Waals surface area contributed by atoms with E-state index < -0.39 is 5.60 Å². The van der Waals surface area contributed by atoms with Crippen molar-refractivity contribution in [3.05, 3.63) is 77.5 Å². The summed E-state index contributed by atoms with van der Waals surface area (Å²) in [5.41, 5.74) is 3.60. The molecule has 0 aliphatic heterocycles. The monoisotopic (exact) mass is 585 g/mol. The van der Waals surface area contributed by atoms with Gasteiger partial charge in [0, 0.05) is 18.8 Å². The van der Waals surface area contributed by atoms with Crippen molar-refractivity contribution in [2.45, 2.75) is 56.8 Å². The molecule has 0 spiro atoms. The molecule has 2 aromatic carbocycles. The second-order valence-corrected chi connectivity index (χ2v) is 12.5. The number of pyridine rings is 1. The number of imidazole rings is 1. The van der Waals surface area contributed by atoms with E-state index in [0.717, 1.165) is 43.2 Å². The molecule has 3 N–H and O–H groups in total. The molecule has 0 saturated heterocycles. The Balaban J connectivity index is 1.22. The van der Waals surface area contributed by atoms with Gasteiger partial charge in [0.2, 0.25) is 0 Å². The zero-order valence-corrected chi connectivity index (χ0v) is 24.3. The van der Waals surface area contributed by atoms with Crippen molar-refractivity contribution in [2.24, 2.45) is 17.8 Å². The van der Waals surface area contributed by atoms with Gasteiger partial charge in [0.05, 0.1) is 43.9 Å². The molecule has 5 atom stereocenters. The van der Waals surface area contributed by atoms with Crippen LogP contribution >= 0.6 is 0 Å². The first-order chi connectivity index (χ1) is 20.8. The van der Waals surface area contributed by atoms with Gasteiger partial charge in [0.15, 0.2) is 17.1 Å². The quantitative estimate of drug-likeness (QED) is 0.256. The smallest absolute Gasteiger partial charge is 0.255 e. The fourth-order valence-corrected chi connectivity index (χ4v) is 7.88. The van der Waals surface area contributed by atoms with Gasteiger partial charge >= 0.3 is 0 Å². The molecular weight excluding hydrogens is 549 g/mol. The number of anilines is 1. The van der Waals surface area contributed by atoms with Crippen LogP contribution in [0.4, 0.5) is 10.1 Å². The largest absolute Gasteiger partial charge is 0.493 e. The number of benzene rings is 2. The molecule has 4 bridgehead atoms. The van der Waals surface area contributed by atoms with Crippen LogP contribution in [0.15, 0.2) is 55.0 Å². The third-order valence-electron chi connectivity index (χ3n) is 9.60. The van der Waals surface area contributed by atoms with Gasteiger partial charge in [-0.3, -0.25) is 4.79 Å². The van der Waals surface area contributed by atoms with Crippen molar-refractivity contribution in [2.75, 3.05) is 19.5 Å². The van der Waals surface area contributed by atoms with E-state index in [0.29, 0.717) is 58.2 Å². The summed E-state index contributed by atoms with van der Waals surface area (Å²) >= 11 is 0. The molecule has 1 unspecified atom stereocenters. The Bertz CT molecular complexity index is 1660. The lowest BCUT2D eigenvalue weighted by molar-refractivity contribution is -0.129. The van der Waals surface area contributed by atoms with Crippen LogP contribution in [0.3, 0.4) is 0 Å². The first-order valence-electron chi connectivity index (χ1n) is 14.9. The second-order valence-electron chi connectivity index (χ2n) is 12.5. The van der Waals surface area contributed by atoms with Gasteiger partial charge in [0.25, 0.3) is 5.91 Å². The summed E-state index contributed by atoms with van der Waals surface area (Å²) in [5, 5.41) is 17.9. The van der Waals surface area contributed by atoms with Crippen molar-refractivity contribution in [1.82, 2.24) is 19.9 Å². The summed E-state index contributed by atoms with van der Waals surface area (Å²) in [5.74, 6) is 1.94. The molecule has 43 heavy (non-hydrogen) atoms. The van der Waals surface area contributed by atoms with E-state index in [2.05, 4.69) is 10.6 Å². The highest BCUT2D eigenvalue weighted by Gasteiger charge is 2.55. The predicted molar refractivity (Wildman–Crippen MR) is 160 cm³/mol. The molecule has 10 heteroatoms. The first-order valence-corrected chi connectivity index (χ1v) is 14.9. The number of amides is 1. The van der Waals surface area contributed by atoms with Gasteiger partial charge in [-0.15, -0.1) is 0 Å². The Labute approximate surface area is 249 Å². The third-order valence-corrected chi connectivity index (χ3v) is 9.60. The number of nitrogens with one attached hydrogen (secondary N) is 2. The molecule has 4 aliphatic carbocycles. The summed E-state index contributed by atoms with van der Waals surface area (Å²) in [6.07, 6.45) is 8.01. The maximum absolute atomic E-state index is 13.6. The van der Waals surface area contributed by atoms with Crippen LogP contribution < -0.4 is 20.1 Å². The zero-order valence-electron chi connectivity index (χ0n) is 24.3. The topological polar surface area (TPSA) is 111 Å². The number of carbonyl (C=O) groups excluding carboxylic acids is 1. The minimum absolute atomic E-state index is 0.141. The lowest BCUT2D eigenvalue weighted by atomic mass is 9.52. The average molecular weight is 586 g/mol. The maximum atomic E-state index is 13.6. The van der Waals surface area contributed by atoms with Crippen molar-refractivity contribution in [3.63, 3.8) is 0 Å². The van der Waals surface area contributed by atoms with Crippen LogP contribution in [0, 0.1) is 23.6 Å². The Kier molecular flexibility index (Phi) is 6.96. The summed E-state index contributed by atoms with van der Waals surface area (Å²) < 4.78 is 26.2. The van der Waals surface area contributed by atoms with Crippen LogP contribution in [-0.4, -0.2) is 51.4 Å². The number of fused-ring (bicyclic) bond motifs is 1. The van der Waals surface area contributed by atoms with Gasteiger partial charge in [-0.1, -0.05) is 18.2 Å². The molecule has 1 amide bonds. The molecule has 2 aromatic heterocycles. The number of methoxy groups -OCH3 is 2. The highest BCUT2D eigenvalue weighted by atomic mass is 19.1. The van der Waals surface area contributed by atoms with Gasteiger partial charge in [0.1, 0.15) is 11.3 Å². The number of hydrogen-bond acceptors (Lipinski definition) is 7. The van der Waals surface area contributed by atoms with Crippen LogP contribution in [-0.2, 0) is 13.1 Å².